The number of ether oxygens (including phenoxy) is 2. The van der Waals surface area contributed by atoms with Gasteiger partial charge < -0.3 is 24.6 Å². The average molecular weight is 583 g/mol. The van der Waals surface area contributed by atoms with Crippen molar-refractivity contribution in [1.29, 1.82) is 0 Å². The summed E-state index contributed by atoms with van der Waals surface area (Å²) >= 11 is 0. The third kappa shape index (κ3) is 7.37. The van der Waals surface area contributed by atoms with E-state index in [1.165, 1.54) is 24.3 Å². The molecule has 1 atom stereocenters. The van der Waals surface area contributed by atoms with E-state index < -0.39 is 23.5 Å². The maximum Gasteiger partial charge on any atom is 0.337 e. The summed E-state index contributed by atoms with van der Waals surface area (Å²) in [5.74, 6) is -2.44. The fourth-order valence-corrected chi connectivity index (χ4v) is 5.22. The first-order chi connectivity index (χ1) is 19.6. The van der Waals surface area contributed by atoms with Crippen LogP contribution in [-0.4, -0.2) is 46.5 Å². The molecule has 2 heterocycles. The number of piperidine rings is 1. The fraction of sp³-hybridized carbons (Fsp3) is 0.455. The molecule has 1 aliphatic rings. The summed E-state index contributed by atoms with van der Waals surface area (Å²) in [6, 6.07) is 10.4. The number of carboxylic acid groups (broad SMARTS) is 1. The molecular formula is C33H40F2N2O5. The van der Waals surface area contributed by atoms with Crippen molar-refractivity contribution in [3.63, 3.8) is 0 Å². The molecule has 0 saturated carbocycles. The molecule has 0 amide bonds. The van der Waals surface area contributed by atoms with Gasteiger partial charge in [0.25, 0.3) is 0 Å². The first-order valence-electron chi connectivity index (χ1n) is 14.2. The van der Waals surface area contributed by atoms with E-state index in [2.05, 4.69) is 23.7 Å². The number of aliphatic carboxylic acids is 1. The number of carbonyl (C=O) groups is 1. The first kappa shape index (κ1) is 31.2. The maximum atomic E-state index is 15.4. The van der Waals surface area contributed by atoms with Gasteiger partial charge in [0.15, 0.2) is 17.7 Å². The molecule has 0 spiro atoms. The van der Waals surface area contributed by atoms with Crippen LogP contribution in [0.1, 0.15) is 70.4 Å². The van der Waals surface area contributed by atoms with Crippen molar-refractivity contribution in [2.24, 2.45) is 5.41 Å². The Morgan fingerprint density at radius 2 is 1.74 bits per heavy atom. The highest BCUT2D eigenvalue weighted by atomic mass is 19.1. The highest BCUT2D eigenvalue weighted by Gasteiger charge is 2.37. The Kier molecular flexibility index (Phi) is 9.11. The van der Waals surface area contributed by atoms with Crippen LogP contribution in [0.2, 0.25) is 0 Å². The lowest BCUT2D eigenvalue weighted by molar-refractivity contribution is -0.160. The van der Waals surface area contributed by atoms with E-state index in [9.17, 15) is 19.4 Å². The van der Waals surface area contributed by atoms with Crippen LogP contribution in [0.25, 0.3) is 11.1 Å². The van der Waals surface area contributed by atoms with Gasteiger partial charge in [-0.15, -0.1) is 0 Å². The van der Waals surface area contributed by atoms with Gasteiger partial charge in [-0.25, -0.2) is 18.6 Å². The van der Waals surface area contributed by atoms with Crippen LogP contribution in [-0.2, 0) is 16.0 Å². The third-order valence-corrected chi connectivity index (χ3v) is 7.55. The van der Waals surface area contributed by atoms with E-state index >= 15 is 4.39 Å². The second kappa shape index (κ2) is 12.3. The van der Waals surface area contributed by atoms with Crippen LogP contribution in [0.4, 0.5) is 14.5 Å². The molecule has 9 heteroatoms. The van der Waals surface area contributed by atoms with Gasteiger partial charge in [-0.1, -0.05) is 32.0 Å². The minimum absolute atomic E-state index is 0.0291. The highest BCUT2D eigenvalue weighted by Crippen LogP contribution is 2.47. The molecule has 1 unspecified atom stereocenters. The molecule has 2 aromatic carbocycles. The number of aromatic hydroxyl groups is 1. The Labute approximate surface area is 246 Å². The van der Waals surface area contributed by atoms with Crippen LogP contribution < -0.4 is 9.64 Å². The molecule has 3 aromatic rings. The van der Waals surface area contributed by atoms with Crippen LogP contribution in [0, 0.1) is 24.0 Å². The molecule has 1 aliphatic heterocycles. The van der Waals surface area contributed by atoms with Crippen molar-refractivity contribution in [1.82, 2.24) is 4.98 Å². The summed E-state index contributed by atoms with van der Waals surface area (Å²) in [6.07, 6.45) is 0.802. The van der Waals surface area contributed by atoms with E-state index in [1.807, 2.05) is 0 Å². The molecule has 0 bridgehead atoms. The van der Waals surface area contributed by atoms with Crippen molar-refractivity contribution in [3.8, 4) is 22.8 Å². The molecule has 0 radical (unpaired) electrons. The second-order valence-electron chi connectivity index (χ2n) is 12.6. The normalized spacial score (nSPS) is 15.9. The average Bonchev–Trinajstić information content (AvgIpc) is 2.89. The molecule has 1 fully saturated rings. The van der Waals surface area contributed by atoms with Crippen LogP contribution in [0.15, 0.2) is 42.5 Å². The Bertz CT molecular complexity index is 1420. The number of aryl methyl sites for hydroxylation is 1. The van der Waals surface area contributed by atoms with E-state index in [1.54, 1.807) is 45.9 Å². The lowest BCUT2D eigenvalue weighted by atomic mass is 9.82. The van der Waals surface area contributed by atoms with Gasteiger partial charge in [-0.3, -0.25) is 0 Å². The number of rotatable bonds is 9. The number of pyridine rings is 1. The molecule has 42 heavy (non-hydrogen) atoms. The Morgan fingerprint density at radius 3 is 2.31 bits per heavy atom. The number of aromatic nitrogens is 1. The van der Waals surface area contributed by atoms with Gasteiger partial charge in [-0.05, 0) is 81.3 Å². The maximum absolute atomic E-state index is 15.4. The zero-order valence-corrected chi connectivity index (χ0v) is 25.1. The molecule has 4 rings (SSSR count). The number of carboxylic acids is 1. The standard InChI is InChI=1S/C33H40F2N2O5/c1-20-26(29(31(39)40)42-32(2,3)4)28(37-16-14-33(5,6)15-17-37)27(30(38)36-20)22-9-12-25(24(35)19-22)41-18-13-21-7-10-23(34)11-8-21/h7-12,19,29H,13-18H2,1-6H3,(H,36,38)(H,39,40). The van der Waals surface area contributed by atoms with Gasteiger partial charge in [0.05, 0.1) is 23.5 Å². The fourth-order valence-electron chi connectivity index (χ4n) is 5.22. The zero-order valence-electron chi connectivity index (χ0n) is 25.1. The molecular weight excluding hydrogens is 542 g/mol. The number of hydrogen-bond donors (Lipinski definition) is 2. The predicted octanol–water partition coefficient (Wildman–Crippen LogP) is 7.23. The summed E-state index contributed by atoms with van der Waals surface area (Å²) in [5, 5.41) is 21.5. The van der Waals surface area contributed by atoms with E-state index in [0.717, 1.165) is 18.4 Å². The molecule has 7 nitrogen and oxygen atoms in total. The summed E-state index contributed by atoms with van der Waals surface area (Å²) in [4.78, 5) is 19.0. The molecule has 226 valence electrons. The second-order valence-corrected chi connectivity index (χ2v) is 12.6. The SMILES string of the molecule is Cc1nc(O)c(-c2ccc(OCCc3ccc(F)cc3)c(F)c2)c(N2CCC(C)(C)CC2)c1C(OC(C)(C)C)C(=O)O. The van der Waals surface area contributed by atoms with Crippen molar-refractivity contribution in [3.05, 3.63) is 70.9 Å². The number of halogens is 2. The van der Waals surface area contributed by atoms with E-state index in [0.29, 0.717) is 42.0 Å². The summed E-state index contributed by atoms with van der Waals surface area (Å²) in [7, 11) is 0. The van der Waals surface area contributed by atoms with Gasteiger partial charge in [0.1, 0.15) is 5.82 Å². The minimum atomic E-state index is -1.36. The van der Waals surface area contributed by atoms with Crippen molar-refractivity contribution in [2.75, 3.05) is 24.6 Å². The third-order valence-electron chi connectivity index (χ3n) is 7.55. The van der Waals surface area contributed by atoms with Gasteiger partial charge in [-0.2, -0.15) is 0 Å². The molecule has 1 saturated heterocycles. The summed E-state index contributed by atoms with van der Waals surface area (Å²) < 4.78 is 40.3. The minimum Gasteiger partial charge on any atom is -0.493 e. The van der Waals surface area contributed by atoms with Crippen LogP contribution in [0.5, 0.6) is 11.6 Å². The van der Waals surface area contributed by atoms with Gasteiger partial charge >= 0.3 is 5.97 Å². The summed E-state index contributed by atoms with van der Waals surface area (Å²) in [5.41, 5.74) is 1.91. The molecule has 0 aliphatic carbocycles. The number of nitrogens with zero attached hydrogens (tertiary/aromatic N) is 2. The number of anilines is 1. The van der Waals surface area contributed by atoms with E-state index in [-0.39, 0.29) is 35.0 Å². The highest BCUT2D eigenvalue weighted by molar-refractivity contribution is 5.89. The van der Waals surface area contributed by atoms with Crippen LogP contribution in [0.3, 0.4) is 0 Å². The lowest BCUT2D eigenvalue weighted by Gasteiger charge is -2.41. The molecule has 2 N–H and O–H groups in total. The Balaban J connectivity index is 1.76. The van der Waals surface area contributed by atoms with Crippen molar-refractivity contribution in [2.45, 2.75) is 72.5 Å². The largest absolute Gasteiger partial charge is 0.493 e. The smallest absolute Gasteiger partial charge is 0.337 e. The van der Waals surface area contributed by atoms with Gasteiger partial charge in [0.2, 0.25) is 5.88 Å². The summed E-state index contributed by atoms with van der Waals surface area (Å²) in [6.45, 7) is 12.8. The Hall–Kier alpha value is -3.72. The quantitative estimate of drug-likeness (QED) is 0.275. The lowest BCUT2D eigenvalue weighted by Crippen LogP contribution is -2.39. The topological polar surface area (TPSA) is 92.1 Å². The number of benzene rings is 2. The van der Waals surface area contributed by atoms with Crippen molar-refractivity contribution < 1.29 is 33.3 Å². The molecule has 1 aromatic heterocycles. The Morgan fingerprint density at radius 1 is 1.10 bits per heavy atom. The van der Waals surface area contributed by atoms with Gasteiger partial charge in [0, 0.05) is 30.8 Å². The first-order valence-corrected chi connectivity index (χ1v) is 14.2. The monoisotopic (exact) mass is 582 g/mol. The van der Waals surface area contributed by atoms with Crippen LogP contribution >= 0.6 is 0 Å². The zero-order chi connectivity index (χ0) is 30.8. The number of hydrogen-bond acceptors (Lipinski definition) is 6. The predicted molar refractivity (Wildman–Crippen MR) is 158 cm³/mol. The van der Waals surface area contributed by atoms with E-state index in [4.69, 9.17) is 9.47 Å². The van der Waals surface area contributed by atoms with Crippen molar-refractivity contribution >= 4 is 11.7 Å².